The molecule has 0 amide bonds. The third-order valence-corrected chi connectivity index (χ3v) is 3.60. The SMILES string of the molecule is NC1CCCCC1N.O=C(O)c1ccc(C(=O)O)c(C(=O)O)c1.[Pt]. The van der Waals surface area contributed by atoms with Gasteiger partial charge in [0.1, 0.15) is 0 Å². The topological polar surface area (TPSA) is 164 Å². The zero-order chi connectivity index (χ0) is 17.6. The van der Waals surface area contributed by atoms with Crippen molar-refractivity contribution >= 4 is 17.9 Å². The van der Waals surface area contributed by atoms with Crippen LogP contribution in [0.1, 0.15) is 56.8 Å². The number of hydrogen-bond donors (Lipinski definition) is 5. The maximum Gasteiger partial charge on any atom is 0.336 e. The van der Waals surface area contributed by atoms with Gasteiger partial charge in [-0.05, 0) is 31.0 Å². The molecule has 1 aromatic carbocycles. The fourth-order valence-electron chi connectivity index (χ4n) is 2.23. The Hall–Kier alpha value is -1.76. The summed E-state index contributed by atoms with van der Waals surface area (Å²) in [5.41, 5.74) is 10.1. The van der Waals surface area contributed by atoms with Crippen LogP contribution in [0.3, 0.4) is 0 Å². The number of aromatic carboxylic acids is 3. The van der Waals surface area contributed by atoms with E-state index in [0.29, 0.717) is 0 Å². The van der Waals surface area contributed by atoms with Gasteiger partial charge in [0.05, 0.1) is 16.7 Å². The van der Waals surface area contributed by atoms with Gasteiger partial charge in [-0.15, -0.1) is 0 Å². The van der Waals surface area contributed by atoms with Gasteiger partial charge in [0.25, 0.3) is 0 Å². The monoisotopic (exact) mass is 519 g/mol. The largest absolute Gasteiger partial charge is 0.478 e. The van der Waals surface area contributed by atoms with Crippen LogP contribution in [0.2, 0.25) is 0 Å². The minimum absolute atomic E-state index is 0. The number of carboxylic acids is 3. The molecule has 1 aromatic rings. The molecule has 0 spiro atoms. The van der Waals surface area contributed by atoms with Crippen molar-refractivity contribution in [1.29, 1.82) is 0 Å². The molecule has 0 aliphatic heterocycles. The normalized spacial score (nSPS) is 19.2. The Labute approximate surface area is 153 Å². The molecule has 0 heterocycles. The molecule has 9 heteroatoms. The van der Waals surface area contributed by atoms with Gasteiger partial charge < -0.3 is 26.8 Å². The smallest absolute Gasteiger partial charge is 0.336 e. The van der Waals surface area contributed by atoms with E-state index in [-0.39, 0.29) is 38.7 Å². The second-order valence-corrected chi connectivity index (χ2v) is 5.29. The van der Waals surface area contributed by atoms with E-state index in [0.717, 1.165) is 31.0 Å². The van der Waals surface area contributed by atoms with E-state index in [2.05, 4.69) is 0 Å². The number of nitrogens with two attached hydrogens (primary N) is 2. The van der Waals surface area contributed by atoms with Gasteiger partial charge >= 0.3 is 17.9 Å². The molecule has 1 aliphatic carbocycles. The van der Waals surface area contributed by atoms with E-state index in [1.807, 2.05) is 0 Å². The molecule has 0 saturated heterocycles. The zero-order valence-electron chi connectivity index (χ0n) is 12.8. The van der Waals surface area contributed by atoms with Gasteiger partial charge in [0, 0.05) is 33.1 Å². The average molecular weight is 519 g/mol. The van der Waals surface area contributed by atoms with Gasteiger partial charge in [-0.2, -0.15) is 0 Å². The van der Waals surface area contributed by atoms with Crippen molar-refractivity contribution in [3.63, 3.8) is 0 Å². The minimum atomic E-state index is -1.48. The molecule has 0 aromatic heterocycles. The predicted molar refractivity (Wildman–Crippen MR) is 81.7 cm³/mol. The van der Waals surface area contributed by atoms with Gasteiger partial charge in [0.15, 0.2) is 0 Å². The van der Waals surface area contributed by atoms with Crippen molar-refractivity contribution in [3.05, 3.63) is 34.9 Å². The molecular formula is C15H20N2O6Pt. The summed E-state index contributed by atoms with van der Waals surface area (Å²) in [4.78, 5) is 31.8. The molecule has 0 bridgehead atoms. The van der Waals surface area contributed by atoms with Crippen LogP contribution in [0.15, 0.2) is 18.2 Å². The molecular weight excluding hydrogens is 499 g/mol. The van der Waals surface area contributed by atoms with Crippen LogP contribution in [-0.4, -0.2) is 45.3 Å². The first-order valence-corrected chi connectivity index (χ1v) is 7.09. The molecule has 7 N–H and O–H groups in total. The summed E-state index contributed by atoms with van der Waals surface area (Å²) in [5, 5.41) is 25.9. The van der Waals surface area contributed by atoms with Crippen LogP contribution in [0.4, 0.5) is 0 Å². The van der Waals surface area contributed by atoms with Crippen LogP contribution in [0.5, 0.6) is 0 Å². The summed E-state index contributed by atoms with van der Waals surface area (Å²) in [6.45, 7) is 0. The summed E-state index contributed by atoms with van der Waals surface area (Å²) in [6.07, 6.45) is 4.80. The molecule has 1 aliphatic rings. The zero-order valence-corrected chi connectivity index (χ0v) is 15.0. The van der Waals surface area contributed by atoms with Gasteiger partial charge in [-0.1, -0.05) is 12.8 Å². The molecule has 2 atom stereocenters. The number of carboxylic acid groups (broad SMARTS) is 3. The Kier molecular flexibility index (Phi) is 9.43. The predicted octanol–water partition coefficient (Wildman–Crippen LogP) is 0.994. The van der Waals surface area contributed by atoms with Crippen molar-refractivity contribution in [3.8, 4) is 0 Å². The van der Waals surface area contributed by atoms with Gasteiger partial charge in [0.2, 0.25) is 0 Å². The maximum absolute atomic E-state index is 10.6. The van der Waals surface area contributed by atoms with Crippen molar-refractivity contribution < 1.29 is 50.8 Å². The van der Waals surface area contributed by atoms with Crippen LogP contribution < -0.4 is 11.5 Å². The van der Waals surface area contributed by atoms with Crippen molar-refractivity contribution in [2.24, 2.45) is 11.5 Å². The minimum Gasteiger partial charge on any atom is -0.478 e. The van der Waals surface area contributed by atoms with Gasteiger partial charge in [-0.3, -0.25) is 0 Å². The first-order chi connectivity index (χ1) is 10.7. The number of carbonyl (C=O) groups is 3. The molecule has 24 heavy (non-hydrogen) atoms. The molecule has 136 valence electrons. The number of benzene rings is 1. The molecule has 2 rings (SSSR count). The van der Waals surface area contributed by atoms with E-state index < -0.39 is 29.0 Å². The number of rotatable bonds is 3. The first kappa shape index (κ1) is 22.2. The average Bonchev–Trinajstić information content (AvgIpc) is 2.50. The molecule has 1 fully saturated rings. The molecule has 0 radical (unpaired) electrons. The van der Waals surface area contributed by atoms with E-state index in [9.17, 15) is 14.4 Å². The summed E-state index contributed by atoms with van der Waals surface area (Å²) in [5.74, 6) is -4.20. The van der Waals surface area contributed by atoms with E-state index >= 15 is 0 Å². The molecule has 8 nitrogen and oxygen atoms in total. The second-order valence-electron chi connectivity index (χ2n) is 5.29. The third kappa shape index (κ3) is 6.39. The Morgan fingerprint density at radius 2 is 1.29 bits per heavy atom. The van der Waals surface area contributed by atoms with Crippen LogP contribution in [-0.2, 0) is 21.1 Å². The van der Waals surface area contributed by atoms with E-state index in [1.165, 1.54) is 12.8 Å². The van der Waals surface area contributed by atoms with Gasteiger partial charge in [-0.25, -0.2) is 14.4 Å². The maximum atomic E-state index is 10.6. The van der Waals surface area contributed by atoms with Crippen LogP contribution in [0.25, 0.3) is 0 Å². The molecule has 2 unspecified atom stereocenters. The summed E-state index contributed by atoms with van der Waals surface area (Å²) in [6, 6.07) is 3.37. The Balaban J connectivity index is 0.000000498. The van der Waals surface area contributed by atoms with Crippen molar-refractivity contribution in [2.45, 2.75) is 37.8 Å². The quantitative estimate of drug-likeness (QED) is 0.395. The van der Waals surface area contributed by atoms with Crippen molar-refractivity contribution in [1.82, 2.24) is 0 Å². The third-order valence-electron chi connectivity index (χ3n) is 3.60. The Bertz CT molecular complexity index is 598. The Morgan fingerprint density at radius 3 is 1.62 bits per heavy atom. The fourth-order valence-corrected chi connectivity index (χ4v) is 2.23. The first-order valence-electron chi connectivity index (χ1n) is 7.09. The standard InChI is InChI=1S/C9H6O6.C6H14N2.Pt/c10-7(11)4-1-2-5(8(12)13)6(3-4)9(14)15;7-5-3-1-2-4-6(5)8;/h1-3H,(H,10,11)(H,12,13)(H,14,15);5-6H,1-4,7-8H2;. The van der Waals surface area contributed by atoms with Crippen molar-refractivity contribution in [2.75, 3.05) is 0 Å². The van der Waals surface area contributed by atoms with Crippen LogP contribution in [0, 0.1) is 0 Å². The van der Waals surface area contributed by atoms with E-state index in [1.54, 1.807) is 0 Å². The second kappa shape index (κ2) is 10.2. The summed E-state index contributed by atoms with van der Waals surface area (Å²) >= 11 is 0. The summed E-state index contributed by atoms with van der Waals surface area (Å²) in [7, 11) is 0. The number of hydrogen-bond acceptors (Lipinski definition) is 5. The Morgan fingerprint density at radius 1 is 0.833 bits per heavy atom. The molecule has 1 saturated carbocycles. The summed E-state index contributed by atoms with van der Waals surface area (Å²) < 4.78 is 0. The fraction of sp³-hybridized carbons (Fsp3) is 0.400. The van der Waals surface area contributed by atoms with Crippen LogP contribution >= 0.6 is 0 Å². The van der Waals surface area contributed by atoms with E-state index in [4.69, 9.17) is 26.8 Å².